The average Bonchev–Trinajstić information content (AvgIpc) is 2.14. The molecule has 0 fully saturated rings. The smallest absolute Gasteiger partial charge is 0.233 e. The first-order valence-electron chi connectivity index (χ1n) is 4.97. The zero-order chi connectivity index (χ0) is 10.4. The van der Waals surface area contributed by atoms with Gasteiger partial charge in [-0.1, -0.05) is 43.1 Å². The molecule has 0 aliphatic heterocycles. The fourth-order valence-electron chi connectivity index (χ4n) is 0.996. The molecule has 0 heterocycles. The summed E-state index contributed by atoms with van der Waals surface area (Å²) in [5, 5.41) is 3.00. The van der Waals surface area contributed by atoms with E-state index in [1.165, 1.54) is 0 Å². The minimum Gasteiger partial charge on any atom is -0.352 e. The Balaban J connectivity index is 3.91. The third kappa shape index (κ3) is 4.65. The lowest BCUT2D eigenvalue weighted by Gasteiger charge is -2.21. The number of halogens is 1. The zero-order valence-electron chi connectivity index (χ0n) is 8.93. The van der Waals surface area contributed by atoms with E-state index in [-0.39, 0.29) is 16.8 Å². The first-order valence-corrected chi connectivity index (χ1v) is 5.88. The van der Waals surface area contributed by atoms with Crippen LogP contribution in [-0.4, -0.2) is 16.8 Å². The highest BCUT2D eigenvalue weighted by atomic mass is 79.9. The maximum Gasteiger partial charge on any atom is 0.233 e. The summed E-state index contributed by atoms with van der Waals surface area (Å²) >= 11 is 3.33. The summed E-state index contributed by atoms with van der Waals surface area (Å²) in [4.78, 5) is 11.4. The average molecular weight is 250 g/mol. The van der Waals surface area contributed by atoms with E-state index in [4.69, 9.17) is 0 Å². The van der Waals surface area contributed by atoms with Crippen LogP contribution in [-0.2, 0) is 4.79 Å². The van der Waals surface area contributed by atoms with Gasteiger partial charge in [-0.25, -0.2) is 0 Å². The van der Waals surface area contributed by atoms with Crippen molar-refractivity contribution >= 4 is 21.8 Å². The predicted molar refractivity (Wildman–Crippen MR) is 60.1 cm³/mol. The molecule has 3 heteroatoms. The Bertz CT molecular complexity index is 161. The van der Waals surface area contributed by atoms with Gasteiger partial charge < -0.3 is 5.32 Å². The van der Waals surface area contributed by atoms with Crippen molar-refractivity contribution in [3.05, 3.63) is 0 Å². The van der Waals surface area contributed by atoms with Crippen LogP contribution in [0.5, 0.6) is 0 Å². The maximum absolute atomic E-state index is 11.4. The van der Waals surface area contributed by atoms with Gasteiger partial charge in [-0.2, -0.15) is 0 Å². The molecular weight excluding hydrogens is 230 g/mol. The second-order valence-corrected chi connectivity index (χ2v) is 4.66. The highest BCUT2D eigenvalue weighted by Crippen LogP contribution is 2.09. The summed E-state index contributed by atoms with van der Waals surface area (Å²) in [6, 6.07) is 0.268. The number of hydrogen-bond donors (Lipinski definition) is 1. The minimum atomic E-state index is -0.0426. The van der Waals surface area contributed by atoms with Gasteiger partial charge in [-0.15, -0.1) is 0 Å². The number of hydrogen-bond acceptors (Lipinski definition) is 1. The first kappa shape index (κ1) is 12.9. The summed E-state index contributed by atoms with van der Waals surface area (Å²) in [6.07, 6.45) is 1.93. The van der Waals surface area contributed by atoms with Crippen molar-refractivity contribution in [3.8, 4) is 0 Å². The second kappa shape index (κ2) is 6.41. The van der Waals surface area contributed by atoms with Crippen LogP contribution in [0.25, 0.3) is 0 Å². The minimum absolute atomic E-state index is 0.0426. The number of alkyl halides is 1. The molecule has 0 rings (SSSR count). The molecule has 0 aliphatic carbocycles. The van der Waals surface area contributed by atoms with Gasteiger partial charge >= 0.3 is 0 Å². The molecule has 0 aromatic carbocycles. The normalized spacial score (nSPS) is 17.6. The maximum atomic E-state index is 11.4. The molecule has 1 N–H and O–H groups in total. The topological polar surface area (TPSA) is 29.1 Å². The van der Waals surface area contributed by atoms with E-state index in [2.05, 4.69) is 42.0 Å². The Morgan fingerprint density at radius 2 is 1.85 bits per heavy atom. The van der Waals surface area contributed by atoms with Gasteiger partial charge in [-0.05, 0) is 19.3 Å². The van der Waals surface area contributed by atoms with Crippen molar-refractivity contribution in [2.75, 3.05) is 0 Å². The standard InChI is InChI=1S/C10H20BrNO/c1-5-7(3)8(4)12-10(13)9(11)6-2/h7-9H,5-6H2,1-4H3,(H,12,13). The van der Waals surface area contributed by atoms with Crippen LogP contribution in [0.3, 0.4) is 0 Å². The van der Waals surface area contributed by atoms with E-state index >= 15 is 0 Å². The van der Waals surface area contributed by atoms with Crippen molar-refractivity contribution < 1.29 is 4.79 Å². The lowest BCUT2D eigenvalue weighted by atomic mass is 10.0. The van der Waals surface area contributed by atoms with Gasteiger partial charge in [0, 0.05) is 6.04 Å². The first-order chi connectivity index (χ1) is 6.02. The fourth-order valence-corrected chi connectivity index (χ4v) is 1.13. The Hall–Kier alpha value is -0.0500. The highest BCUT2D eigenvalue weighted by molar-refractivity contribution is 9.10. The molecule has 78 valence electrons. The number of carbonyl (C=O) groups is 1. The largest absolute Gasteiger partial charge is 0.352 e. The molecule has 2 nitrogen and oxygen atoms in total. The van der Waals surface area contributed by atoms with Gasteiger partial charge in [0.15, 0.2) is 0 Å². The number of carbonyl (C=O) groups excluding carboxylic acids is 1. The molecule has 0 bridgehead atoms. The van der Waals surface area contributed by atoms with Crippen LogP contribution in [0.1, 0.15) is 40.5 Å². The van der Waals surface area contributed by atoms with Gasteiger partial charge in [0.25, 0.3) is 0 Å². The number of rotatable bonds is 5. The number of nitrogens with one attached hydrogen (secondary N) is 1. The van der Waals surface area contributed by atoms with Crippen LogP contribution < -0.4 is 5.32 Å². The van der Waals surface area contributed by atoms with E-state index in [1.807, 2.05) is 6.92 Å². The van der Waals surface area contributed by atoms with Crippen molar-refractivity contribution in [1.82, 2.24) is 5.32 Å². The summed E-state index contributed by atoms with van der Waals surface area (Å²) in [5.41, 5.74) is 0. The predicted octanol–water partition coefficient (Wildman–Crippen LogP) is 2.71. The Kier molecular flexibility index (Phi) is 6.39. The Labute approximate surface area is 89.6 Å². The van der Waals surface area contributed by atoms with Crippen molar-refractivity contribution in [2.24, 2.45) is 5.92 Å². The van der Waals surface area contributed by atoms with Crippen LogP contribution in [0.15, 0.2) is 0 Å². The molecule has 0 aliphatic rings. The molecule has 13 heavy (non-hydrogen) atoms. The lowest BCUT2D eigenvalue weighted by molar-refractivity contribution is -0.121. The van der Waals surface area contributed by atoms with Crippen molar-refractivity contribution in [2.45, 2.75) is 51.4 Å². The summed E-state index contributed by atoms with van der Waals surface area (Å²) in [7, 11) is 0. The van der Waals surface area contributed by atoms with Crippen LogP contribution in [0.4, 0.5) is 0 Å². The lowest BCUT2D eigenvalue weighted by Crippen LogP contribution is -2.40. The Morgan fingerprint density at radius 1 is 1.31 bits per heavy atom. The van der Waals surface area contributed by atoms with E-state index in [9.17, 15) is 4.79 Å². The van der Waals surface area contributed by atoms with E-state index in [1.54, 1.807) is 0 Å². The Morgan fingerprint density at radius 3 is 2.23 bits per heavy atom. The van der Waals surface area contributed by atoms with Gasteiger partial charge in [-0.3, -0.25) is 4.79 Å². The molecular formula is C10H20BrNO. The SMILES string of the molecule is CCC(Br)C(=O)NC(C)C(C)CC. The van der Waals surface area contributed by atoms with Crippen molar-refractivity contribution in [3.63, 3.8) is 0 Å². The quantitative estimate of drug-likeness (QED) is 0.747. The fraction of sp³-hybridized carbons (Fsp3) is 0.900. The molecule has 3 atom stereocenters. The van der Waals surface area contributed by atoms with Crippen LogP contribution in [0, 0.1) is 5.92 Å². The molecule has 0 spiro atoms. The van der Waals surface area contributed by atoms with Gasteiger partial charge in [0.2, 0.25) is 5.91 Å². The third-order valence-corrected chi connectivity index (χ3v) is 3.57. The van der Waals surface area contributed by atoms with E-state index in [0.29, 0.717) is 5.92 Å². The molecule has 0 aromatic heterocycles. The molecule has 0 aromatic rings. The molecule has 0 saturated carbocycles. The summed E-state index contributed by atoms with van der Waals surface area (Å²) < 4.78 is 0. The van der Waals surface area contributed by atoms with Crippen LogP contribution in [0.2, 0.25) is 0 Å². The van der Waals surface area contributed by atoms with Crippen molar-refractivity contribution in [1.29, 1.82) is 0 Å². The zero-order valence-corrected chi connectivity index (χ0v) is 10.5. The monoisotopic (exact) mass is 249 g/mol. The summed E-state index contributed by atoms with van der Waals surface area (Å²) in [6.45, 7) is 8.34. The summed E-state index contributed by atoms with van der Waals surface area (Å²) in [5.74, 6) is 0.649. The molecule has 3 unspecified atom stereocenters. The number of amides is 1. The highest BCUT2D eigenvalue weighted by Gasteiger charge is 2.17. The second-order valence-electron chi connectivity index (χ2n) is 3.56. The van der Waals surface area contributed by atoms with Gasteiger partial charge in [0.05, 0.1) is 4.83 Å². The molecule has 0 saturated heterocycles. The van der Waals surface area contributed by atoms with Gasteiger partial charge in [0.1, 0.15) is 0 Å². The van der Waals surface area contributed by atoms with E-state index < -0.39 is 0 Å². The van der Waals surface area contributed by atoms with E-state index in [0.717, 1.165) is 12.8 Å². The third-order valence-electron chi connectivity index (χ3n) is 2.51. The molecule has 1 amide bonds. The molecule has 0 radical (unpaired) electrons. The van der Waals surface area contributed by atoms with Crippen LogP contribution >= 0.6 is 15.9 Å².